The first-order valence-corrected chi connectivity index (χ1v) is 4.38. The van der Waals surface area contributed by atoms with E-state index in [0.29, 0.717) is 5.82 Å². The van der Waals surface area contributed by atoms with Crippen molar-refractivity contribution in [1.29, 1.82) is 0 Å². The lowest BCUT2D eigenvalue weighted by molar-refractivity contribution is 1.23. The largest absolute Gasteiger partial charge is 0.383 e. The van der Waals surface area contributed by atoms with Gasteiger partial charge < -0.3 is 11.5 Å². The van der Waals surface area contributed by atoms with Gasteiger partial charge in [0.1, 0.15) is 5.82 Å². The summed E-state index contributed by atoms with van der Waals surface area (Å²) < 4.78 is 0. The molecule has 1 aromatic heterocycles. The second-order valence-corrected chi connectivity index (χ2v) is 3.37. The van der Waals surface area contributed by atoms with Crippen LogP contribution in [0.2, 0.25) is 0 Å². The summed E-state index contributed by atoms with van der Waals surface area (Å²) in [6, 6.07) is 3.91. The van der Waals surface area contributed by atoms with Gasteiger partial charge in [-0.1, -0.05) is 6.07 Å². The van der Waals surface area contributed by atoms with E-state index < -0.39 is 0 Å². The van der Waals surface area contributed by atoms with Crippen molar-refractivity contribution in [3.05, 3.63) is 23.3 Å². The topological polar surface area (TPSA) is 77.8 Å². The molecule has 0 saturated carbocycles. The van der Waals surface area contributed by atoms with Crippen molar-refractivity contribution >= 4 is 47.5 Å². The molecule has 0 radical (unpaired) electrons. The van der Waals surface area contributed by atoms with Crippen molar-refractivity contribution < 1.29 is 0 Å². The number of aromatic nitrogens is 2. The number of hydrogen-bond acceptors (Lipinski definition) is 4. The molecule has 0 aliphatic carbocycles. The van der Waals surface area contributed by atoms with Crippen molar-refractivity contribution in [1.82, 2.24) is 9.97 Å². The van der Waals surface area contributed by atoms with Gasteiger partial charge in [0.2, 0.25) is 5.95 Å². The molecule has 0 aliphatic heterocycles. The van der Waals surface area contributed by atoms with Crippen LogP contribution in [0.15, 0.2) is 12.1 Å². The lowest BCUT2D eigenvalue weighted by atomic mass is 10.0. The van der Waals surface area contributed by atoms with Gasteiger partial charge in [-0.3, -0.25) is 0 Å². The predicted octanol–water partition coefficient (Wildman–Crippen LogP) is 2.25. The number of anilines is 2. The Bertz CT molecular complexity index is 514. The van der Waals surface area contributed by atoms with Crippen molar-refractivity contribution in [2.75, 3.05) is 11.5 Å². The van der Waals surface area contributed by atoms with Gasteiger partial charge in [-0.15, -0.1) is 24.8 Å². The number of aryl methyl sites for hydroxylation is 2. The third kappa shape index (κ3) is 2.28. The maximum atomic E-state index is 5.80. The molecule has 0 atom stereocenters. The average molecular weight is 261 g/mol. The molecule has 0 amide bonds. The Morgan fingerprint density at radius 1 is 1.00 bits per heavy atom. The van der Waals surface area contributed by atoms with Gasteiger partial charge >= 0.3 is 0 Å². The van der Waals surface area contributed by atoms with Gasteiger partial charge in [0.25, 0.3) is 0 Å². The maximum absolute atomic E-state index is 5.80. The fraction of sp³-hybridized carbons (Fsp3) is 0.200. The summed E-state index contributed by atoms with van der Waals surface area (Å²) in [6.45, 7) is 4.04. The number of nitrogens with zero attached hydrogens (tertiary/aromatic N) is 2. The zero-order valence-electron chi connectivity index (χ0n) is 9.02. The van der Waals surface area contributed by atoms with E-state index >= 15 is 0 Å². The first-order valence-electron chi connectivity index (χ1n) is 4.38. The number of fused-ring (bicyclic) bond motifs is 1. The van der Waals surface area contributed by atoms with Gasteiger partial charge in [-0.2, -0.15) is 4.98 Å². The highest BCUT2D eigenvalue weighted by Crippen LogP contribution is 2.24. The minimum absolute atomic E-state index is 0. The SMILES string of the molecule is Cc1ccc2nc(N)nc(N)c2c1C.Cl.Cl. The monoisotopic (exact) mass is 260 g/mol. The molecule has 2 rings (SSSR count). The van der Waals surface area contributed by atoms with E-state index in [9.17, 15) is 0 Å². The summed E-state index contributed by atoms with van der Waals surface area (Å²) >= 11 is 0. The van der Waals surface area contributed by atoms with Crippen LogP contribution in [-0.2, 0) is 0 Å². The molecule has 0 fully saturated rings. The molecule has 0 saturated heterocycles. The number of benzene rings is 1. The van der Waals surface area contributed by atoms with E-state index in [2.05, 4.69) is 9.97 Å². The van der Waals surface area contributed by atoms with E-state index in [4.69, 9.17) is 11.5 Å². The smallest absolute Gasteiger partial charge is 0.222 e. The van der Waals surface area contributed by atoms with Crippen molar-refractivity contribution in [3.8, 4) is 0 Å². The fourth-order valence-electron chi connectivity index (χ4n) is 1.55. The molecule has 6 heteroatoms. The Morgan fingerprint density at radius 2 is 1.62 bits per heavy atom. The van der Waals surface area contributed by atoms with Crippen LogP contribution in [-0.4, -0.2) is 9.97 Å². The van der Waals surface area contributed by atoms with E-state index in [1.165, 1.54) is 5.56 Å². The van der Waals surface area contributed by atoms with E-state index in [-0.39, 0.29) is 30.8 Å². The predicted molar refractivity (Wildman–Crippen MR) is 72.3 cm³/mol. The van der Waals surface area contributed by atoms with Crippen LogP contribution >= 0.6 is 24.8 Å². The Hall–Kier alpha value is -1.26. The number of nitrogens with two attached hydrogens (primary N) is 2. The standard InChI is InChI=1S/C10H12N4.2ClH/c1-5-3-4-7-8(6(5)2)9(11)14-10(12)13-7;;/h3-4H,1-2H3,(H4,11,12,13,14);2*1H. The molecular weight excluding hydrogens is 247 g/mol. The van der Waals surface area contributed by atoms with Crippen LogP contribution in [0.3, 0.4) is 0 Å². The van der Waals surface area contributed by atoms with Crippen LogP contribution < -0.4 is 11.5 Å². The minimum atomic E-state index is 0. The lowest BCUT2D eigenvalue weighted by Gasteiger charge is -2.07. The second-order valence-electron chi connectivity index (χ2n) is 3.37. The van der Waals surface area contributed by atoms with E-state index in [1.54, 1.807) is 0 Å². The van der Waals surface area contributed by atoms with Crippen molar-refractivity contribution in [3.63, 3.8) is 0 Å². The highest BCUT2D eigenvalue weighted by Gasteiger charge is 2.07. The molecular formula is C10H14Cl2N4. The quantitative estimate of drug-likeness (QED) is 0.762. The van der Waals surface area contributed by atoms with E-state index in [1.807, 2.05) is 26.0 Å². The molecule has 0 bridgehead atoms. The zero-order chi connectivity index (χ0) is 10.3. The maximum Gasteiger partial charge on any atom is 0.222 e. The average Bonchev–Trinajstić information content (AvgIpc) is 2.10. The summed E-state index contributed by atoms with van der Waals surface area (Å²) in [5.74, 6) is 0.673. The molecule has 0 aliphatic rings. The summed E-state index contributed by atoms with van der Waals surface area (Å²) in [4.78, 5) is 8.07. The van der Waals surface area contributed by atoms with Gasteiger partial charge in [0.05, 0.1) is 5.52 Å². The first-order chi connectivity index (χ1) is 6.59. The van der Waals surface area contributed by atoms with Crippen LogP contribution in [0.5, 0.6) is 0 Å². The van der Waals surface area contributed by atoms with Gasteiger partial charge in [0, 0.05) is 5.39 Å². The lowest BCUT2D eigenvalue weighted by Crippen LogP contribution is -2.02. The van der Waals surface area contributed by atoms with Crippen LogP contribution in [0.4, 0.5) is 11.8 Å². The van der Waals surface area contributed by atoms with Gasteiger partial charge in [-0.25, -0.2) is 4.98 Å². The highest BCUT2D eigenvalue weighted by molar-refractivity contribution is 5.92. The molecule has 16 heavy (non-hydrogen) atoms. The number of rotatable bonds is 0. The molecule has 1 heterocycles. The molecule has 0 unspecified atom stereocenters. The number of halogens is 2. The Balaban J connectivity index is 0.00000112. The van der Waals surface area contributed by atoms with Crippen LogP contribution in [0.25, 0.3) is 10.9 Å². The normalized spacial score (nSPS) is 9.38. The summed E-state index contributed by atoms with van der Waals surface area (Å²) in [7, 11) is 0. The second kappa shape index (κ2) is 5.18. The summed E-state index contributed by atoms with van der Waals surface area (Å²) in [5, 5.41) is 0.902. The molecule has 2 aromatic rings. The fourth-order valence-corrected chi connectivity index (χ4v) is 1.55. The molecule has 0 spiro atoms. The Labute approximate surface area is 106 Å². The Morgan fingerprint density at radius 3 is 2.25 bits per heavy atom. The van der Waals surface area contributed by atoms with Crippen molar-refractivity contribution in [2.45, 2.75) is 13.8 Å². The Kier molecular flexibility index (Phi) is 4.78. The highest BCUT2D eigenvalue weighted by atomic mass is 35.5. The third-order valence-corrected chi connectivity index (χ3v) is 2.44. The molecule has 4 nitrogen and oxygen atoms in total. The third-order valence-electron chi connectivity index (χ3n) is 2.44. The van der Waals surface area contributed by atoms with Crippen LogP contribution in [0, 0.1) is 13.8 Å². The van der Waals surface area contributed by atoms with Gasteiger partial charge in [-0.05, 0) is 31.0 Å². The summed E-state index contributed by atoms with van der Waals surface area (Å²) in [6.07, 6.45) is 0. The number of nitrogen functional groups attached to an aromatic ring is 2. The molecule has 88 valence electrons. The minimum Gasteiger partial charge on any atom is -0.383 e. The van der Waals surface area contributed by atoms with Crippen LogP contribution in [0.1, 0.15) is 11.1 Å². The van der Waals surface area contributed by atoms with E-state index in [0.717, 1.165) is 16.5 Å². The summed E-state index contributed by atoms with van der Waals surface area (Å²) in [5.41, 5.74) is 14.4. The van der Waals surface area contributed by atoms with Crippen molar-refractivity contribution in [2.24, 2.45) is 0 Å². The zero-order valence-corrected chi connectivity index (χ0v) is 10.7. The number of hydrogen-bond donors (Lipinski definition) is 2. The van der Waals surface area contributed by atoms with Gasteiger partial charge in [0.15, 0.2) is 0 Å². The first kappa shape index (κ1) is 14.7. The molecule has 4 N–H and O–H groups in total. The molecule has 1 aromatic carbocycles.